The number of likely N-dealkylation sites (tertiary alicyclic amines) is 1. The third-order valence-corrected chi connectivity index (χ3v) is 5.25. The van der Waals surface area contributed by atoms with Crippen LogP contribution in [0.5, 0.6) is 0 Å². The first kappa shape index (κ1) is 14.7. The predicted octanol–water partition coefficient (Wildman–Crippen LogP) is 1.72. The van der Waals surface area contributed by atoms with Crippen LogP contribution in [-0.2, 0) is 9.53 Å². The highest BCUT2D eigenvalue weighted by molar-refractivity contribution is 7.80. The third-order valence-electron chi connectivity index (χ3n) is 4.86. The topological polar surface area (TPSA) is 55.6 Å². The van der Waals surface area contributed by atoms with Gasteiger partial charge in [0.2, 0.25) is 5.91 Å². The summed E-state index contributed by atoms with van der Waals surface area (Å²) in [7, 11) is 0. The maximum Gasteiger partial charge on any atom is 0.236 e. The summed E-state index contributed by atoms with van der Waals surface area (Å²) in [5.74, 6) is 0.670. The summed E-state index contributed by atoms with van der Waals surface area (Å²) in [6.07, 6.45) is 3.51. The van der Waals surface area contributed by atoms with Crippen molar-refractivity contribution in [3.8, 4) is 0 Å². The molecule has 0 aromatic carbocycles. The molecule has 2 unspecified atom stereocenters. The zero-order valence-corrected chi connectivity index (χ0v) is 12.7. The molecule has 2 saturated heterocycles. The molecular formula is C14H24N2O2S. The maximum atomic E-state index is 13.0. The van der Waals surface area contributed by atoms with Crippen molar-refractivity contribution in [2.24, 2.45) is 17.1 Å². The second kappa shape index (κ2) is 5.75. The summed E-state index contributed by atoms with van der Waals surface area (Å²) in [5.41, 5.74) is 5.25. The third kappa shape index (κ3) is 2.63. The van der Waals surface area contributed by atoms with Gasteiger partial charge >= 0.3 is 0 Å². The number of rotatable bonds is 2. The molecule has 0 aliphatic carbocycles. The van der Waals surface area contributed by atoms with Gasteiger partial charge in [0.25, 0.3) is 0 Å². The van der Waals surface area contributed by atoms with E-state index in [4.69, 9.17) is 22.7 Å². The largest absolute Gasteiger partial charge is 0.392 e. The van der Waals surface area contributed by atoms with Crippen LogP contribution in [0, 0.1) is 11.3 Å². The lowest BCUT2D eigenvalue weighted by Crippen LogP contribution is -2.57. The second-order valence-electron chi connectivity index (χ2n) is 5.92. The number of nitrogens with two attached hydrogens (primary N) is 1. The predicted molar refractivity (Wildman–Crippen MR) is 78.8 cm³/mol. The van der Waals surface area contributed by atoms with Crippen molar-refractivity contribution in [3.63, 3.8) is 0 Å². The van der Waals surface area contributed by atoms with Gasteiger partial charge < -0.3 is 15.4 Å². The molecule has 5 heteroatoms. The van der Waals surface area contributed by atoms with E-state index in [1.165, 1.54) is 6.42 Å². The number of carbonyl (C=O) groups is 1. The molecule has 0 saturated carbocycles. The van der Waals surface area contributed by atoms with E-state index in [-0.39, 0.29) is 11.9 Å². The van der Waals surface area contributed by atoms with E-state index in [9.17, 15) is 4.79 Å². The van der Waals surface area contributed by atoms with Crippen molar-refractivity contribution in [1.82, 2.24) is 4.90 Å². The first-order chi connectivity index (χ1) is 8.99. The molecule has 0 spiro atoms. The van der Waals surface area contributed by atoms with Crippen LogP contribution < -0.4 is 5.73 Å². The molecule has 2 heterocycles. The van der Waals surface area contributed by atoms with Crippen LogP contribution in [0.4, 0.5) is 0 Å². The first-order valence-corrected chi connectivity index (χ1v) is 7.58. The Hall–Kier alpha value is -0.680. The van der Waals surface area contributed by atoms with Crippen LogP contribution in [0.15, 0.2) is 0 Å². The minimum absolute atomic E-state index is 0.127. The van der Waals surface area contributed by atoms with Gasteiger partial charge in [0.1, 0.15) is 5.41 Å². The van der Waals surface area contributed by atoms with Crippen LogP contribution in [0.1, 0.15) is 39.5 Å². The van der Waals surface area contributed by atoms with E-state index >= 15 is 0 Å². The molecule has 2 atom stereocenters. The van der Waals surface area contributed by atoms with Crippen molar-refractivity contribution in [1.29, 1.82) is 0 Å². The Bertz CT molecular complexity index is 366. The highest BCUT2D eigenvalue weighted by atomic mass is 32.1. The van der Waals surface area contributed by atoms with E-state index in [1.807, 2.05) is 4.90 Å². The smallest absolute Gasteiger partial charge is 0.236 e. The molecule has 2 N–H and O–H groups in total. The Morgan fingerprint density at radius 3 is 2.58 bits per heavy atom. The Morgan fingerprint density at radius 2 is 2.00 bits per heavy atom. The first-order valence-electron chi connectivity index (χ1n) is 7.18. The van der Waals surface area contributed by atoms with Gasteiger partial charge in [-0.2, -0.15) is 0 Å². The number of hydrogen-bond donors (Lipinski definition) is 1. The number of carbonyl (C=O) groups excluding carboxylic acids is 1. The molecule has 19 heavy (non-hydrogen) atoms. The fraction of sp³-hybridized carbons (Fsp3) is 0.857. The molecule has 2 rings (SSSR count). The number of thiocarbonyl (C=S) groups is 1. The normalized spacial score (nSPS) is 30.9. The van der Waals surface area contributed by atoms with Crippen LogP contribution in [0.2, 0.25) is 0 Å². The average Bonchev–Trinajstić information content (AvgIpc) is 2.41. The molecule has 0 radical (unpaired) electrons. The molecular weight excluding hydrogens is 260 g/mol. The van der Waals surface area contributed by atoms with E-state index < -0.39 is 5.41 Å². The van der Waals surface area contributed by atoms with Gasteiger partial charge in [-0.15, -0.1) is 0 Å². The SMILES string of the molecule is CC1CCCN(C(=O)C2(C(N)=S)CCOCC2)C1C. The quantitative estimate of drug-likeness (QED) is 0.784. The molecule has 2 aliphatic rings. The fourth-order valence-electron chi connectivity index (χ4n) is 3.18. The lowest BCUT2D eigenvalue weighted by atomic mass is 9.77. The van der Waals surface area contributed by atoms with Crippen LogP contribution in [0.25, 0.3) is 0 Å². The van der Waals surface area contributed by atoms with Crippen molar-refractivity contribution in [3.05, 3.63) is 0 Å². The maximum absolute atomic E-state index is 13.0. The Labute approximate surface area is 120 Å². The number of amides is 1. The van der Waals surface area contributed by atoms with E-state index in [2.05, 4.69) is 13.8 Å². The monoisotopic (exact) mass is 284 g/mol. The molecule has 2 aliphatic heterocycles. The molecule has 0 aromatic heterocycles. The summed E-state index contributed by atoms with van der Waals surface area (Å²) in [4.78, 5) is 15.3. The van der Waals surface area contributed by atoms with Crippen molar-refractivity contribution in [2.45, 2.75) is 45.6 Å². The zero-order chi connectivity index (χ0) is 14.0. The van der Waals surface area contributed by atoms with Gasteiger partial charge in [0, 0.05) is 25.8 Å². The summed E-state index contributed by atoms with van der Waals surface area (Å²) in [5, 5.41) is 0. The molecule has 2 fully saturated rings. The molecule has 4 nitrogen and oxygen atoms in total. The highest BCUT2D eigenvalue weighted by Crippen LogP contribution is 2.36. The van der Waals surface area contributed by atoms with Crippen molar-refractivity contribution < 1.29 is 9.53 Å². The molecule has 1 amide bonds. The number of ether oxygens (including phenoxy) is 1. The lowest BCUT2D eigenvalue weighted by Gasteiger charge is -2.44. The Balaban J connectivity index is 2.22. The average molecular weight is 284 g/mol. The highest BCUT2D eigenvalue weighted by Gasteiger charge is 2.47. The molecule has 0 bridgehead atoms. The van der Waals surface area contributed by atoms with Crippen LogP contribution in [-0.4, -0.2) is 41.6 Å². The van der Waals surface area contributed by atoms with Gasteiger partial charge in [-0.25, -0.2) is 0 Å². The number of hydrogen-bond acceptors (Lipinski definition) is 3. The van der Waals surface area contributed by atoms with Crippen LogP contribution >= 0.6 is 12.2 Å². The van der Waals surface area contributed by atoms with Crippen molar-refractivity contribution in [2.75, 3.05) is 19.8 Å². The van der Waals surface area contributed by atoms with Gasteiger partial charge in [0.05, 0.1) is 4.99 Å². The number of piperidine rings is 1. The molecule has 0 aromatic rings. The zero-order valence-electron chi connectivity index (χ0n) is 11.9. The van der Waals surface area contributed by atoms with Gasteiger partial charge in [-0.3, -0.25) is 4.79 Å². The Morgan fingerprint density at radius 1 is 1.37 bits per heavy atom. The van der Waals surface area contributed by atoms with Crippen molar-refractivity contribution >= 4 is 23.1 Å². The fourth-order valence-corrected chi connectivity index (χ4v) is 3.47. The summed E-state index contributed by atoms with van der Waals surface area (Å²) in [6.45, 7) is 6.31. The summed E-state index contributed by atoms with van der Waals surface area (Å²) < 4.78 is 5.37. The molecule has 108 valence electrons. The minimum atomic E-state index is -0.668. The van der Waals surface area contributed by atoms with E-state index in [0.717, 1.165) is 13.0 Å². The Kier molecular flexibility index (Phi) is 4.46. The van der Waals surface area contributed by atoms with E-state index in [0.29, 0.717) is 37.0 Å². The summed E-state index contributed by atoms with van der Waals surface area (Å²) >= 11 is 5.22. The van der Waals surface area contributed by atoms with Gasteiger partial charge in [-0.05, 0) is 38.5 Å². The van der Waals surface area contributed by atoms with E-state index in [1.54, 1.807) is 0 Å². The second-order valence-corrected chi connectivity index (χ2v) is 6.36. The standard InChI is InChI=1S/C14H24N2O2S/c1-10-4-3-7-16(11(10)2)13(17)14(12(15)19)5-8-18-9-6-14/h10-11H,3-9H2,1-2H3,(H2,15,19). The minimum Gasteiger partial charge on any atom is -0.392 e. The van der Waals surface area contributed by atoms with Crippen LogP contribution in [0.3, 0.4) is 0 Å². The van der Waals surface area contributed by atoms with Gasteiger partial charge in [-0.1, -0.05) is 19.1 Å². The lowest BCUT2D eigenvalue weighted by molar-refractivity contribution is -0.147. The number of nitrogens with zero attached hydrogens (tertiary/aromatic N) is 1. The van der Waals surface area contributed by atoms with Gasteiger partial charge in [0.15, 0.2) is 0 Å². The summed E-state index contributed by atoms with van der Waals surface area (Å²) in [6, 6.07) is 0.273.